The number of fused-ring (bicyclic) bond motifs is 3. The van der Waals surface area contributed by atoms with Crippen molar-refractivity contribution in [1.82, 2.24) is 4.90 Å². The van der Waals surface area contributed by atoms with Gasteiger partial charge in [0.1, 0.15) is 28.1 Å². The summed E-state index contributed by atoms with van der Waals surface area (Å²) < 4.78 is 63.3. The van der Waals surface area contributed by atoms with Crippen molar-refractivity contribution in [3.63, 3.8) is 0 Å². The summed E-state index contributed by atoms with van der Waals surface area (Å²) in [6.07, 6.45) is 5.74. The molecule has 8 rings (SSSR count). The van der Waals surface area contributed by atoms with E-state index >= 15 is 0 Å². The minimum Gasteiger partial charge on any atom is -0.489 e. The van der Waals surface area contributed by atoms with Crippen LogP contribution in [0.3, 0.4) is 0 Å². The van der Waals surface area contributed by atoms with Gasteiger partial charge in [0.05, 0.1) is 12.2 Å². The van der Waals surface area contributed by atoms with Gasteiger partial charge in [-0.25, -0.2) is 19.0 Å². The number of esters is 2. The van der Waals surface area contributed by atoms with Crippen LogP contribution < -0.4 is 19.8 Å². The van der Waals surface area contributed by atoms with Gasteiger partial charge < -0.3 is 24.3 Å². The molecular formula is C40H39Cl2F3N3O6+. The number of halogens is 5. The van der Waals surface area contributed by atoms with E-state index in [2.05, 4.69) is 15.2 Å². The summed E-state index contributed by atoms with van der Waals surface area (Å²) in [7, 11) is 0. The summed E-state index contributed by atoms with van der Waals surface area (Å²) in [4.78, 5) is 32.8. The van der Waals surface area contributed by atoms with E-state index in [-0.39, 0.29) is 35.5 Å². The van der Waals surface area contributed by atoms with E-state index in [1.165, 1.54) is 42.5 Å². The average molecular weight is 786 g/mol. The monoisotopic (exact) mass is 784 g/mol. The molecule has 4 aliphatic rings. The van der Waals surface area contributed by atoms with Gasteiger partial charge in [0.25, 0.3) is 0 Å². The number of carbonyl (C=O) groups is 2. The highest BCUT2D eigenvalue weighted by Gasteiger charge is 2.38. The maximum absolute atomic E-state index is 13.9. The molecule has 3 atom stereocenters. The lowest BCUT2D eigenvalue weighted by Gasteiger charge is -2.44. The third-order valence-electron chi connectivity index (χ3n) is 10.1. The van der Waals surface area contributed by atoms with Crippen molar-refractivity contribution in [2.75, 3.05) is 31.6 Å². The summed E-state index contributed by atoms with van der Waals surface area (Å²) in [5, 5.41) is 3.79. The number of H-pyrrole nitrogens is 1. The number of alkyl halides is 2. The molecule has 4 fully saturated rings. The quantitative estimate of drug-likeness (QED) is 0.120. The number of anilines is 1. The number of hydrogen-bond donors (Lipinski definition) is 1. The Hall–Kier alpha value is -4.52. The molecule has 284 valence electrons. The molecule has 0 amide bonds. The van der Waals surface area contributed by atoms with Gasteiger partial charge in [-0.05, 0) is 104 Å². The molecule has 2 bridgehead atoms. The van der Waals surface area contributed by atoms with Crippen LogP contribution in [0.25, 0.3) is 0 Å². The Bertz CT molecular complexity index is 1940. The van der Waals surface area contributed by atoms with E-state index in [1.807, 2.05) is 0 Å². The molecule has 3 saturated heterocycles. The summed E-state index contributed by atoms with van der Waals surface area (Å²) in [6, 6.07) is 15.4. The minimum atomic E-state index is -3.07. The largest absolute Gasteiger partial charge is 0.489 e. The molecule has 54 heavy (non-hydrogen) atoms. The molecule has 9 nitrogen and oxygen atoms in total. The standard InChI is InChI=1S/C40H38Cl2F3N3O6/c41-31-19-46-20-32(42)30(31)18-34(26-8-11-33(54-40(44)45)35(17-26)51-22-23-4-5-23)52-38(49)27-2-1-3-29(16-27)47-37(25-6-9-28(43)10-7-25)39(50)53-36-21-48-14-12-24(36)13-15-48/h1-3,6-11,16-17,19-20,23-24,34,36-37,40,47H,4-5,12-15,18,21-22H2/p+1/t34-,36-,37?/m0/s1. The number of ether oxygens (including phenoxy) is 4. The smallest absolute Gasteiger partial charge is 0.387 e. The Morgan fingerprint density at radius 3 is 2.30 bits per heavy atom. The van der Waals surface area contributed by atoms with Gasteiger partial charge in [0.2, 0.25) is 0 Å². The maximum Gasteiger partial charge on any atom is 0.387 e. The number of hydrogen-bond acceptors (Lipinski definition) is 8. The van der Waals surface area contributed by atoms with Gasteiger partial charge in [-0.1, -0.05) is 47.5 Å². The molecule has 4 aromatic rings. The fourth-order valence-electron chi connectivity index (χ4n) is 6.90. The maximum atomic E-state index is 13.9. The highest BCUT2D eigenvalue weighted by atomic mass is 35.5. The van der Waals surface area contributed by atoms with Crippen LogP contribution in [-0.4, -0.2) is 55.8 Å². The Balaban J connectivity index is 1.14. The molecular weight excluding hydrogens is 746 g/mol. The van der Waals surface area contributed by atoms with E-state index < -0.39 is 36.5 Å². The summed E-state index contributed by atoms with van der Waals surface area (Å²) in [6.45, 7) is -0.106. The van der Waals surface area contributed by atoms with Crippen LogP contribution in [0.4, 0.5) is 18.9 Å². The third kappa shape index (κ3) is 9.40. The van der Waals surface area contributed by atoms with E-state index in [0.717, 1.165) is 38.8 Å². The predicted molar refractivity (Wildman–Crippen MR) is 194 cm³/mol. The molecule has 1 unspecified atom stereocenters. The first-order valence-corrected chi connectivity index (χ1v) is 18.7. The van der Waals surface area contributed by atoms with Crippen molar-refractivity contribution >= 4 is 40.8 Å². The molecule has 2 N–H and O–H groups in total. The number of carbonyl (C=O) groups excluding carboxylic acids is 2. The van der Waals surface area contributed by atoms with Gasteiger partial charge in [-0.2, -0.15) is 8.78 Å². The predicted octanol–water partition coefficient (Wildman–Crippen LogP) is 8.27. The molecule has 1 aliphatic carbocycles. The summed E-state index contributed by atoms with van der Waals surface area (Å²) in [5.74, 6) is -1.14. The zero-order valence-corrected chi connectivity index (χ0v) is 30.6. The van der Waals surface area contributed by atoms with E-state index in [4.69, 9.17) is 42.1 Å². The lowest BCUT2D eigenvalue weighted by molar-refractivity contribution is -0.377. The SMILES string of the molecule is O=C(O[C@@H](Cc1c(Cl)c[nH+]cc1Cl)c1ccc(OC(F)F)c(OCC2CC2)c1)c1cccc(NC(C(=O)O[C@H]2CN3CCC2CC3)c2ccc(F)cc2)c1. The van der Waals surface area contributed by atoms with Crippen LogP contribution in [0.15, 0.2) is 79.1 Å². The number of nitrogens with one attached hydrogen (secondary N) is 2. The number of nitrogens with zero attached hydrogens (tertiary/aromatic N) is 1. The second-order valence-electron chi connectivity index (χ2n) is 13.9. The first-order chi connectivity index (χ1) is 26.1. The number of aromatic nitrogens is 1. The average Bonchev–Trinajstić information content (AvgIpc) is 4.00. The van der Waals surface area contributed by atoms with Crippen molar-refractivity contribution in [3.8, 4) is 11.5 Å². The lowest BCUT2D eigenvalue weighted by Crippen LogP contribution is -2.52. The normalized spacial score (nSPS) is 20.2. The van der Waals surface area contributed by atoms with Gasteiger partial charge in [-0.3, -0.25) is 4.90 Å². The second-order valence-corrected chi connectivity index (χ2v) is 14.7. The van der Waals surface area contributed by atoms with Crippen LogP contribution in [0, 0.1) is 17.7 Å². The van der Waals surface area contributed by atoms with Gasteiger partial charge in [0, 0.05) is 24.2 Å². The first kappa shape index (κ1) is 37.8. The highest BCUT2D eigenvalue weighted by Crippen LogP contribution is 2.38. The van der Waals surface area contributed by atoms with Crippen molar-refractivity contribution < 1.29 is 46.7 Å². The zero-order chi connectivity index (χ0) is 37.8. The summed E-state index contributed by atoms with van der Waals surface area (Å²) >= 11 is 13.0. The van der Waals surface area contributed by atoms with Crippen LogP contribution in [-0.2, 0) is 20.7 Å². The molecule has 3 aromatic carbocycles. The van der Waals surface area contributed by atoms with Crippen molar-refractivity contribution in [3.05, 3.63) is 117 Å². The highest BCUT2D eigenvalue weighted by molar-refractivity contribution is 6.35. The molecule has 4 heterocycles. The Kier molecular flexibility index (Phi) is 11.8. The number of rotatable bonds is 15. The van der Waals surface area contributed by atoms with Crippen molar-refractivity contribution in [2.45, 2.75) is 57.0 Å². The molecule has 0 radical (unpaired) electrons. The van der Waals surface area contributed by atoms with Crippen molar-refractivity contribution in [2.24, 2.45) is 11.8 Å². The molecule has 1 saturated carbocycles. The molecule has 14 heteroatoms. The minimum absolute atomic E-state index is 0.0330. The van der Waals surface area contributed by atoms with Crippen LogP contribution in [0.5, 0.6) is 11.5 Å². The van der Waals surface area contributed by atoms with Gasteiger partial charge in [0.15, 0.2) is 29.9 Å². The second kappa shape index (κ2) is 16.9. The fraction of sp³-hybridized carbons (Fsp3) is 0.375. The molecule has 3 aliphatic heterocycles. The number of piperidine rings is 3. The van der Waals surface area contributed by atoms with E-state index in [0.29, 0.717) is 51.5 Å². The number of benzene rings is 3. The molecule has 1 aromatic heterocycles. The van der Waals surface area contributed by atoms with Gasteiger partial charge in [-0.15, -0.1) is 0 Å². The Morgan fingerprint density at radius 2 is 1.63 bits per heavy atom. The Morgan fingerprint density at radius 1 is 0.907 bits per heavy atom. The summed E-state index contributed by atoms with van der Waals surface area (Å²) in [5.41, 5.74) is 1.97. The third-order valence-corrected chi connectivity index (χ3v) is 10.7. The fourth-order valence-corrected chi connectivity index (χ4v) is 7.43. The van der Waals surface area contributed by atoms with Crippen LogP contribution >= 0.6 is 23.2 Å². The zero-order valence-electron chi connectivity index (χ0n) is 29.1. The number of aromatic amines is 1. The van der Waals surface area contributed by atoms with Crippen LogP contribution in [0.1, 0.15) is 64.9 Å². The van der Waals surface area contributed by atoms with Crippen LogP contribution in [0.2, 0.25) is 10.0 Å². The first-order valence-electron chi connectivity index (χ1n) is 17.9. The van der Waals surface area contributed by atoms with E-state index in [9.17, 15) is 22.8 Å². The van der Waals surface area contributed by atoms with Gasteiger partial charge >= 0.3 is 18.6 Å². The van der Waals surface area contributed by atoms with Crippen molar-refractivity contribution in [1.29, 1.82) is 0 Å². The van der Waals surface area contributed by atoms with E-state index in [1.54, 1.807) is 36.7 Å². The Labute approximate surface area is 320 Å². The number of pyridine rings is 1. The molecule has 0 spiro atoms. The lowest BCUT2D eigenvalue weighted by atomic mass is 9.86. The topological polar surface area (TPSA) is 100 Å².